The number of esters is 1. The second-order valence-corrected chi connectivity index (χ2v) is 7.60. The number of primary sulfonamides is 1. The molecule has 0 radical (unpaired) electrons. The quantitative estimate of drug-likeness (QED) is 0.745. The van der Waals surface area contributed by atoms with Gasteiger partial charge in [0.05, 0.1) is 22.1 Å². The van der Waals surface area contributed by atoms with E-state index in [2.05, 4.69) is 15.9 Å². The number of carbonyl (C=O) groups excluding carboxylic acids is 1. The molecule has 8 heteroatoms. The molecule has 0 aliphatic heterocycles. The number of sulfonamides is 1. The van der Waals surface area contributed by atoms with E-state index in [1.807, 2.05) is 13.8 Å². The van der Waals surface area contributed by atoms with Crippen molar-refractivity contribution in [2.24, 2.45) is 11.1 Å². The van der Waals surface area contributed by atoms with E-state index < -0.39 is 16.0 Å². The highest BCUT2D eigenvalue weighted by Gasteiger charge is 2.20. The number of hydrogen-bond donors (Lipinski definition) is 1. The number of hydrogen-bond acceptors (Lipinski definition) is 4. The highest BCUT2D eigenvalue weighted by atomic mass is 79.9. The first-order valence-corrected chi connectivity index (χ1v) is 9.07. The van der Waals surface area contributed by atoms with E-state index >= 15 is 0 Å². The Kier molecular flexibility index (Phi) is 6.65. The molecule has 0 saturated heterocycles. The molecule has 0 bridgehead atoms. The van der Waals surface area contributed by atoms with Gasteiger partial charge in [0.25, 0.3) is 0 Å². The summed E-state index contributed by atoms with van der Waals surface area (Å²) in [7, 11) is -3.93. The van der Waals surface area contributed by atoms with Gasteiger partial charge in [-0.05, 0) is 40.4 Å². The summed E-state index contributed by atoms with van der Waals surface area (Å²) in [6.45, 7) is 4.26. The van der Waals surface area contributed by atoms with Crippen molar-refractivity contribution in [3.8, 4) is 0 Å². The van der Waals surface area contributed by atoms with Crippen LogP contribution in [0.2, 0.25) is 5.02 Å². The topological polar surface area (TPSA) is 86.5 Å². The third kappa shape index (κ3) is 5.25. The van der Waals surface area contributed by atoms with Crippen LogP contribution in [0.15, 0.2) is 21.5 Å². The first-order chi connectivity index (χ1) is 9.66. The fourth-order valence-corrected chi connectivity index (χ4v) is 3.11. The molecular weight excluding hydrogens is 382 g/mol. The van der Waals surface area contributed by atoms with Gasteiger partial charge in [0.15, 0.2) is 0 Å². The van der Waals surface area contributed by atoms with Gasteiger partial charge >= 0.3 is 5.97 Å². The second-order valence-electron chi connectivity index (χ2n) is 4.80. The molecule has 5 nitrogen and oxygen atoms in total. The third-order valence-electron chi connectivity index (χ3n) is 2.83. The van der Waals surface area contributed by atoms with E-state index in [1.54, 1.807) is 0 Å². The molecule has 0 amide bonds. The predicted octanol–water partition coefficient (Wildman–Crippen LogP) is 3.34. The second kappa shape index (κ2) is 7.58. The number of rotatable bonds is 6. The lowest BCUT2D eigenvalue weighted by Crippen LogP contribution is -2.16. The zero-order chi connectivity index (χ0) is 16.2. The summed E-state index contributed by atoms with van der Waals surface area (Å²) in [6, 6.07) is 2.36. The molecule has 1 atom stereocenters. The molecule has 0 aromatic heterocycles. The first kappa shape index (κ1) is 18.4. The van der Waals surface area contributed by atoms with Crippen molar-refractivity contribution in [2.45, 2.75) is 31.6 Å². The summed E-state index contributed by atoms with van der Waals surface area (Å²) in [5, 5.41) is 5.16. The van der Waals surface area contributed by atoms with Crippen molar-refractivity contribution in [3.63, 3.8) is 0 Å². The highest BCUT2D eigenvalue weighted by molar-refractivity contribution is 9.10. The van der Waals surface area contributed by atoms with E-state index in [1.165, 1.54) is 6.07 Å². The lowest BCUT2D eigenvalue weighted by Gasteiger charge is -2.12. The SMILES string of the molecule is CCCC(C)COC(=O)c1cc(S(N)(=O)=O)cc(Br)c1Cl. The van der Waals surface area contributed by atoms with Crippen LogP contribution in [-0.2, 0) is 14.8 Å². The average molecular weight is 399 g/mol. The smallest absolute Gasteiger partial charge is 0.339 e. The van der Waals surface area contributed by atoms with E-state index in [9.17, 15) is 13.2 Å². The van der Waals surface area contributed by atoms with Crippen LogP contribution in [0.3, 0.4) is 0 Å². The van der Waals surface area contributed by atoms with Crippen LogP contribution in [0.1, 0.15) is 37.0 Å². The lowest BCUT2D eigenvalue weighted by atomic mass is 10.1. The van der Waals surface area contributed by atoms with Gasteiger partial charge < -0.3 is 4.74 Å². The number of ether oxygens (including phenoxy) is 1. The molecule has 0 spiro atoms. The first-order valence-electron chi connectivity index (χ1n) is 6.35. The summed E-state index contributed by atoms with van der Waals surface area (Å²) in [5.41, 5.74) is -0.0289. The molecule has 1 unspecified atom stereocenters. The Morgan fingerprint density at radius 2 is 2.10 bits per heavy atom. The molecule has 21 heavy (non-hydrogen) atoms. The Hall–Kier alpha value is -0.630. The van der Waals surface area contributed by atoms with Crippen molar-refractivity contribution in [1.82, 2.24) is 0 Å². The average Bonchev–Trinajstić information content (AvgIpc) is 2.38. The van der Waals surface area contributed by atoms with Gasteiger partial charge in [0.2, 0.25) is 10.0 Å². The van der Waals surface area contributed by atoms with E-state index in [-0.39, 0.29) is 32.5 Å². The van der Waals surface area contributed by atoms with Crippen LogP contribution in [0, 0.1) is 5.92 Å². The minimum atomic E-state index is -3.93. The van der Waals surface area contributed by atoms with Gasteiger partial charge in [-0.25, -0.2) is 18.4 Å². The Morgan fingerprint density at radius 3 is 2.62 bits per heavy atom. The molecule has 0 fully saturated rings. The fourth-order valence-electron chi connectivity index (χ4n) is 1.75. The van der Waals surface area contributed by atoms with Crippen LogP contribution >= 0.6 is 27.5 Å². The summed E-state index contributed by atoms with van der Waals surface area (Å²) in [6.07, 6.45) is 1.92. The molecule has 1 rings (SSSR count). The van der Waals surface area contributed by atoms with Gasteiger partial charge in [-0.3, -0.25) is 0 Å². The number of nitrogens with two attached hydrogens (primary N) is 1. The zero-order valence-electron chi connectivity index (χ0n) is 11.7. The van der Waals surface area contributed by atoms with Crippen LogP contribution in [-0.4, -0.2) is 21.0 Å². The summed E-state index contributed by atoms with van der Waals surface area (Å²) in [5.74, 6) is -0.447. The number of benzene rings is 1. The van der Waals surface area contributed by atoms with E-state index in [0.717, 1.165) is 18.9 Å². The van der Waals surface area contributed by atoms with Crippen molar-refractivity contribution in [3.05, 3.63) is 27.2 Å². The number of halogens is 2. The van der Waals surface area contributed by atoms with Gasteiger partial charge in [-0.1, -0.05) is 31.9 Å². The largest absolute Gasteiger partial charge is 0.462 e. The maximum absolute atomic E-state index is 12.0. The third-order valence-corrected chi connectivity index (χ3v) is 4.98. The Morgan fingerprint density at radius 1 is 1.48 bits per heavy atom. The molecule has 0 heterocycles. The molecule has 0 aliphatic rings. The Labute approximate surface area is 138 Å². The standard InChI is InChI=1S/C13H17BrClNO4S/c1-3-4-8(2)7-20-13(17)10-5-9(21(16,18)19)6-11(14)12(10)15/h5-6,8H,3-4,7H2,1-2H3,(H2,16,18,19). The lowest BCUT2D eigenvalue weighted by molar-refractivity contribution is 0.0443. The van der Waals surface area contributed by atoms with Crippen molar-refractivity contribution in [1.29, 1.82) is 0 Å². The van der Waals surface area contributed by atoms with Crippen molar-refractivity contribution in [2.75, 3.05) is 6.61 Å². The fraction of sp³-hybridized carbons (Fsp3) is 0.462. The van der Waals surface area contributed by atoms with Gasteiger partial charge in [0.1, 0.15) is 0 Å². The molecule has 118 valence electrons. The molecular formula is C13H17BrClNO4S. The summed E-state index contributed by atoms with van der Waals surface area (Å²) >= 11 is 9.11. The maximum atomic E-state index is 12.0. The Bertz CT molecular complexity index is 633. The monoisotopic (exact) mass is 397 g/mol. The normalized spacial score (nSPS) is 13.0. The van der Waals surface area contributed by atoms with Crippen molar-refractivity contribution >= 4 is 43.5 Å². The summed E-state index contributed by atoms with van der Waals surface area (Å²) < 4.78 is 28.2. The zero-order valence-corrected chi connectivity index (χ0v) is 14.9. The number of carbonyl (C=O) groups is 1. The molecule has 0 aliphatic carbocycles. The van der Waals surface area contributed by atoms with Crippen molar-refractivity contribution < 1.29 is 17.9 Å². The minimum Gasteiger partial charge on any atom is -0.462 e. The van der Waals surface area contributed by atoms with Crippen LogP contribution in [0.25, 0.3) is 0 Å². The predicted molar refractivity (Wildman–Crippen MR) is 84.9 cm³/mol. The van der Waals surface area contributed by atoms with Crippen LogP contribution < -0.4 is 5.14 Å². The molecule has 2 N–H and O–H groups in total. The molecule has 1 aromatic rings. The highest BCUT2D eigenvalue weighted by Crippen LogP contribution is 2.30. The minimum absolute atomic E-state index is 0.0289. The van der Waals surface area contributed by atoms with E-state index in [4.69, 9.17) is 21.5 Å². The Balaban J connectivity index is 3.01. The van der Waals surface area contributed by atoms with Crippen LogP contribution in [0.4, 0.5) is 0 Å². The van der Waals surface area contributed by atoms with Gasteiger partial charge in [-0.15, -0.1) is 0 Å². The summed E-state index contributed by atoms with van der Waals surface area (Å²) in [4.78, 5) is 11.8. The maximum Gasteiger partial charge on any atom is 0.339 e. The van der Waals surface area contributed by atoms with E-state index in [0.29, 0.717) is 0 Å². The van der Waals surface area contributed by atoms with Crippen LogP contribution in [0.5, 0.6) is 0 Å². The van der Waals surface area contributed by atoms with Gasteiger partial charge in [0, 0.05) is 4.47 Å². The molecule has 0 saturated carbocycles. The van der Waals surface area contributed by atoms with Gasteiger partial charge in [-0.2, -0.15) is 0 Å². The molecule has 1 aromatic carbocycles.